The molecular formula is C8H20BO8PSi. The highest BCUT2D eigenvalue weighted by atomic mass is 31.0. The molecule has 11 heteroatoms. The van der Waals surface area contributed by atoms with Gasteiger partial charge in [-0.25, -0.2) is 19.6 Å². The molecule has 0 N–H and O–H groups in total. The van der Waals surface area contributed by atoms with Crippen molar-refractivity contribution in [1.29, 1.82) is 0 Å². The van der Waals surface area contributed by atoms with E-state index in [-0.39, 0.29) is 44.7 Å². The third-order valence-corrected chi connectivity index (χ3v) is 2.40. The molecule has 0 bridgehead atoms. The summed E-state index contributed by atoms with van der Waals surface area (Å²) >= 11 is 0. The lowest BCUT2D eigenvalue weighted by Gasteiger charge is -2.22. The molecule has 0 spiro atoms. The van der Waals surface area contributed by atoms with E-state index in [1.165, 1.54) is 0 Å². The zero-order valence-electron chi connectivity index (χ0n) is 11.6. The summed E-state index contributed by atoms with van der Waals surface area (Å²) < 4.78 is 19.5. The van der Waals surface area contributed by atoms with Crippen LogP contribution in [0.5, 0.6) is 0 Å². The van der Waals surface area contributed by atoms with Crippen LogP contribution < -0.4 is 0 Å². The van der Waals surface area contributed by atoms with Crippen LogP contribution in [-0.4, -0.2) is 43.9 Å². The first-order valence-electron chi connectivity index (χ1n) is 5.47. The van der Waals surface area contributed by atoms with E-state index in [2.05, 4.69) is 0 Å². The highest BCUT2D eigenvalue weighted by Crippen LogP contribution is 2.14. The monoisotopic (exact) mass is 314 g/mol. The maximum absolute atomic E-state index is 4.88. The molecule has 0 saturated carbocycles. The average Bonchev–Trinajstić information content (AvgIpc) is 2.37. The minimum absolute atomic E-state index is 0. The minimum Gasteiger partial charge on any atom is -0.242 e. The normalized spacial score (nSPS) is 10.7. The molecule has 112 valence electrons. The van der Waals surface area contributed by atoms with Crippen molar-refractivity contribution in [3.8, 4) is 0 Å². The maximum Gasteiger partial charge on any atom is 0.792 e. The number of hydrogen-bond acceptors (Lipinski definition) is 8. The van der Waals surface area contributed by atoms with Gasteiger partial charge in [0, 0.05) is 18.3 Å². The molecule has 6 radical (unpaired) electrons. The summed E-state index contributed by atoms with van der Waals surface area (Å²) in [4.78, 5) is 18.9. The van der Waals surface area contributed by atoms with Crippen molar-refractivity contribution in [3.05, 3.63) is 0 Å². The van der Waals surface area contributed by atoms with Crippen molar-refractivity contribution < 1.29 is 37.9 Å². The predicted molar refractivity (Wildman–Crippen MR) is 69.3 cm³/mol. The summed E-state index contributed by atoms with van der Waals surface area (Å²) in [5.41, 5.74) is 0. The average molecular weight is 314 g/mol. The Hall–Kier alpha value is 0.392. The lowest BCUT2D eigenvalue weighted by atomic mass is 10.8. The molecule has 0 fully saturated rings. The van der Waals surface area contributed by atoms with Crippen LogP contribution in [0.2, 0.25) is 0 Å². The largest absolute Gasteiger partial charge is 0.792 e. The summed E-state index contributed by atoms with van der Waals surface area (Å²) in [5, 5.41) is 0. The van der Waals surface area contributed by atoms with Crippen molar-refractivity contribution in [3.63, 3.8) is 0 Å². The summed E-state index contributed by atoms with van der Waals surface area (Å²) in [5.74, 6) is 0. The van der Waals surface area contributed by atoms with Gasteiger partial charge in [0.1, 0.15) is 0 Å². The van der Waals surface area contributed by atoms with E-state index in [4.69, 9.17) is 37.9 Å². The lowest BCUT2D eigenvalue weighted by molar-refractivity contribution is -0.425. The van der Waals surface area contributed by atoms with E-state index >= 15 is 0 Å². The first-order chi connectivity index (χ1) is 8.24. The Labute approximate surface area is 120 Å². The van der Waals surface area contributed by atoms with E-state index in [1.54, 1.807) is 27.7 Å². The quantitative estimate of drug-likeness (QED) is 0.233. The third-order valence-electron chi connectivity index (χ3n) is 1.12. The molecule has 0 aromatic carbocycles. The SMILES string of the molecule is CCOO[Si](OOCC)(OOCC)OOCC.[B].[P]. The standard InChI is InChI=1S/C8H20O8Si.B.P/c1-5-9-13-17(14-10-6-2,15-11-7-3)16-12-8-4;;/h5-8H2,1-4H3;;. The van der Waals surface area contributed by atoms with Crippen LogP contribution in [0.15, 0.2) is 0 Å². The molecule has 0 unspecified atom stereocenters. The molecule has 8 nitrogen and oxygen atoms in total. The van der Waals surface area contributed by atoms with Gasteiger partial charge in [0.25, 0.3) is 0 Å². The van der Waals surface area contributed by atoms with Crippen LogP contribution in [0, 0.1) is 0 Å². The second-order valence-electron chi connectivity index (χ2n) is 2.46. The van der Waals surface area contributed by atoms with Gasteiger partial charge >= 0.3 is 9.05 Å². The fourth-order valence-corrected chi connectivity index (χ4v) is 1.82. The molecule has 0 aromatic heterocycles. The van der Waals surface area contributed by atoms with E-state index in [0.29, 0.717) is 0 Å². The summed E-state index contributed by atoms with van der Waals surface area (Å²) in [6.45, 7) is 7.99. The minimum atomic E-state index is -3.77. The van der Waals surface area contributed by atoms with Gasteiger partial charge in [-0.15, -0.1) is 0 Å². The molecule has 0 amide bonds. The van der Waals surface area contributed by atoms with Crippen molar-refractivity contribution >= 4 is 27.4 Å². The predicted octanol–water partition coefficient (Wildman–Crippen LogP) is 1.77. The van der Waals surface area contributed by atoms with Gasteiger partial charge in [-0.1, -0.05) is 0 Å². The molecule has 0 aliphatic heterocycles. The summed E-state index contributed by atoms with van der Waals surface area (Å²) in [6.07, 6.45) is 0. The lowest BCUT2D eigenvalue weighted by Crippen LogP contribution is -2.49. The number of rotatable bonds is 12. The Kier molecular flexibility index (Phi) is 21.1. The molecule has 0 heterocycles. The van der Waals surface area contributed by atoms with E-state index in [0.717, 1.165) is 0 Å². The van der Waals surface area contributed by atoms with Crippen molar-refractivity contribution in [2.24, 2.45) is 0 Å². The highest BCUT2D eigenvalue weighted by molar-refractivity contribution is 6.92. The van der Waals surface area contributed by atoms with Crippen LogP contribution in [0.4, 0.5) is 0 Å². The molecular weight excluding hydrogens is 294 g/mol. The van der Waals surface area contributed by atoms with Gasteiger partial charge in [-0.3, -0.25) is 0 Å². The Morgan fingerprint density at radius 3 is 0.947 bits per heavy atom. The van der Waals surface area contributed by atoms with Crippen LogP contribution in [0.3, 0.4) is 0 Å². The van der Waals surface area contributed by atoms with Gasteiger partial charge < -0.3 is 0 Å². The number of hydrogen-bond donors (Lipinski definition) is 0. The topological polar surface area (TPSA) is 73.8 Å². The molecule has 0 atom stereocenters. The molecule has 0 rings (SSSR count). The smallest absolute Gasteiger partial charge is 0.242 e. The van der Waals surface area contributed by atoms with E-state index < -0.39 is 9.05 Å². The zero-order chi connectivity index (χ0) is 13.0. The molecule has 0 aliphatic rings. The van der Waals surface area contributed by atoms with Crippen LogP contribution in [-0.2, 0) is 37.9 Å². The van der Waals surface area contributed by atoms with E-state index in [9.17, 15) is 0 Å². The Balaban J connectivity index is -0.00000128. The van der Waals surface area contributed by atoms with Gasteiger partial charge in [0.15, 0.2) is 0 Å². The van der Waals surface area contributed by atoms with Gasteiger partial charge in [0.2, 0.25) is 0 Å². The van der Waals surface area contributed by atoms with Gasteiger partial charge in [0.05, 0.1) is 26.4 Å². The summed E-state index contributed by atoms with van der Waals surface area (Å²) in [7, 11) is -3.77. The van der Waals surface area contributed by atoms with E-state index in [1.807, 2.05) is 0 Å². The van der Waals surface area contributed by atoms with Crippen LogP contribution >= 0.6 is 9.90 Å². The highest BCUT2D eigenvalue weighted by Gasteiger charge is 2.54. The molecule has 0 aliphatic carbocycles. The Morgan fingerprint density at radius 2 is 0.789 bits per heavy atom. The first kappa shape index (κ1) is 24.4. The Bertz CT molecular complexity index is 143. The first-order valence-corrected chi connectivity index (χ1v) is 7.10. The van der Waals surface area contributed by atoms with Crippen molar-refractivity contribution in [1.82, 2.24) is 0 Å². The maximum atomic E-state index is 4.88. The van der Waals surface area contributed by atoms with Crippen LogP contribution in [0.1, 0.15) is 27.7 Å². The van der Waals surface area contributed by atoms with Crippen molar-refractivity contribution in [2.75, 3.05) is 26.4 Å². The zero-order valence-corrected chi connectivity index (χ0v) is 13.5. The van der Waals surface area contributed by atoms with Crippen LogP contribution in [0.25, 0.3) is 0 Å². The fraction of sp³-hybridized carbons (Fsp3) is 1.00. The van der Waals surface area contributed by atoms with Gasteiger partial charge in [-0.05, 0) is 27.7 Å². The second-order valence-corrected chi connectivity index (χ2v) is 4.13. The fourth-order valence-electron chi connectivity index (χ4n) is 0.608. The molecule has 0 saturated heterocycles. The van der Waals surface area contributed by atoms with Gasteiger partial charge in [-0.2, -0.15) is 18.3 Å². The third kappa shape index (κ3) is 11.9. The molecule has 19 heavy (non-hydrogen) atoms. The summed E-state index contributed by atoms with van der Waals surface area (Å²) in [6, 6.07) is 0. The second kappa shape index (κ2) is 16.4. The van der Waals surface area contributed by atoms with Crippen molar-refractivity contribution in [2.45, 2.75) is 27.7 Å². The Morgan fingerprint density at radius 1 is 0.579 bits per heavy atom. The molecule has 0 aromatic rings.